The van der Waals surface area contributed by atoms with Crippen molar-refractivity contribution in [1.82, 2.24) is 9.97 Å². The number of carbonyl (C=O) groups is 1. The van der Waals surface area contributed by atoms with E-state index in [2.05, 4.69) is 4.98 Å². The minimum absolute atomic E-state index is 0.507. The van der Waals surface area contributed by atoms with Crippen LogP contribution in [0.5, 0.6) is 0 Å². The Morgan fingerprint density at radius 3 is 2.62 bits per heavy atom. The second-order valence-electron chi connectivity index (χ2n) is 2.95. The average Bonchev–Trinajstić information content (AvgIpc) is 2.13. The highest BCUT2D eigenvalue weighted by Crippen LogP contribution is 2.28. The van der Waals surface area contributed by atoms with Gasteiger partial charge in [0.05, 0.1) is 6.33 Å². The zero-order chi connectivity index (χ0) is 12.3. The predicted octanol–water partition coefficient (Wildman–Crippen LogP) is 0.806. The van der Waals surface area contributed by atoms with Crippen LogP contribution in [0.4, 0.5) is 13.2 Å². The maximum atomic E-state index is 12.4. The van der Waals surface area contributed by atoms with Gasteiger partial charge in [0, 0.05) is 12.0 Å². The summed E-state index contributed by atoms with van der Waals surface area (Å²) in [6.45, 7) is 0. The summed E-state index contributed by atoms with van der Waals surface area (Å²) in [5, 5.41) is 8.35. The summed E-state index contributed by atoms with van der Waals surface area (Å²) < 4.78 is 37.2. The summed E-state index contributed by atoms with van der Waals surface area (Å²) in [6, 6.07) is 0. The summed E-state index contributed by atoms with van der Waals surface area (Å²) in [6.07, 6.45) is -5.19. The molecule has 0 bridgehead atoms. The summed E-state index contributed by atoms with van der Waals surface area (Å²) in [5.41, 5.74) is -2.96. The monoisotopic (exact) mass is 236 g/mol. The standard InChI is InChI=1S/C8H7F3N2O3/c9-8(10,11)6-4(1-2-5(14)15)7(16)13-3-12-6/h3H,1-2H2,(H,14,15)(H,12,13,16). The molecule has 1 aromatic heterocycles. The summed E-state index contributed by atoms with van der Waals surface area (Å²) in [4.78, 5) is 26.3. The third kappa shape index (κ3) is 2.81. The largest absolute Gasteiger partial charge is 0.481 e. The first-order valence-electron chi connectivity index (χ1n) is 4.18. The topological polar surface area (TPSA) is 83.0 Å². The molecule has 8 heteroatoms. The van der Waals surface area contributed by atoms with Gasteiger partial charge in [-0.1, -0.05) is 0 Å². The highest BCUT2D eigenvalue weighted by atomic mass is 19.4. The van der Waals surface area contributed by atoms with E-state index in [-0.39, 0.29) is 0 Å². The van der Waals surface area contributed by atoms with Gasteiger partial charge in [0.15, 0.2) is 5.69 Å². The van der Waals surface area contributed by atoms with Crippen molar-refractivity contribution in [2.75, 3.05) is 0 Å². The molecule has 1 aromatic rings. The maximum absolute atomic E-state index is 12.4. The van der Waals surface area contributed by atoms with Gasteiger partial charge in [0.2, 0.25) is 0 Å². The minimum atomic E-state index is -4.76. The van der Waals surface area contributed by atoms with Gasteiger partial charge in [-0.25, -0.2) is 4.98 Å². The van der Waals surface area contributed by atoms with Crippen molar-refractivity contribution in [2.45, 2.75) is 19.0 Å². The molecule has 0 saturated carbocycles. The number of carboxylic acids is 1. The molecule has 0 unspecified atom stereocenters. The molecule has 0 amide bonds. The van der Waals surface area contributed by atoms with Gasteiger partial charge in [-0.15, -0.1) is 0 Å². The third-order valence-corrected chi connectivity index (χ3v) is 1.81. The molecule has 0 radical (unpaired) electrons. The number of hydrogen-bond donors (Lipinski definition) is 2. The van der Waals surface area contributed by atoms with E-state index in [0.717, 1.165) is 0 Å². The molecule has 0 aliphatic heterocycles. The van der Waals surface area contributed by atoms with Crippen molar-refractivity contribution >= 4 is 5.97 Å². The highest BCUT2D eigenvalue weighted by Gasteiger charge is 2.36. The molecule has 88 valence electrons. The maximum Gasteiger partial charge on any atom is 0.433 e. The number of aliphatic carboxylic acids is 1. The van der Waals surface area contributed by atoms with E-state index in [0.29, 0.717) is 6.33 Å². The molecule has 0 spiro atoms. The van der Waals surface area contributed by atoms with Crippen molar-refractivity contribution in [3.63, 3.8) is 0 Å². The fraction of sp³-hybridized carbons (Fsp3) is 0.375. The van der Waals surface area contributed by atoms with Crippen LogP contribution in [0.3, 0.4) is 0 Å². The lowest BCUT2D eigenvalue weighted by Gasteiger charge is -2.09. The van der Waals surface area contributed by atoms with E-state index in [1.807, 2.05) is 4.98 Å². The molecule has 16 heavy (non-hydrogen) atoms. The van der Waals surface area contributed by atoms with E-state index in [9.17, 15) is 22.8 Å². The number of aromatic nitrogens is 2. The Labute approximate surface area is 86.9 Å². The van der Waals surface area contributed by atoms with Crippen LogP contribution in [0.1, 0.15) is 17.7 Å². The molecular formula is C8H7F3N2O3. The van der Waals surface area contributed by atoms with Gasteiger partial charge < -0.3 is 10.1 Å². The molecule has 0 saturated heterocycles. The molecule has 1 heterocycles. The number of nitrogens with one attached hydrogen (secondary N) is 1. The Kier molecular flexibility index (Phi) is 3.31. The van der Waals surface area contributed by atoms with Gasteiger partial charge in [-0.05, 0) is 6.42 Å². The number of hydrogen-bond acceptors (Lipinski definition) is 3. The zero-order valence-electron chi connectivity index (χ0n) is 7.84. The van der Waals surface area contributed by atoms with Gasteiger partial charge >= 0.3 is 12.1 Å². The van der Waals surface area contributed by atoms with Crippen LogP contribution in [0.2, 0.25) is 0 Å². The number of carboxylic acid groups (broad SMARTS) is 1. The fourth-order valence-electron chi connectivity index (χ4n) is 1.14. The Hall–Kier alpha value is -1.86. The van der Waals surface area contributed by atoms with Crippen LogP contribution in [0, 0.1) is 0 Å². The summed E-state index contributed by atoms with van der Waals surface area (Å²) >= 11 is 0. The normalized spacial score (nSPS) is 11.4. The van der Waals surface area contributed by atoms with E-state index < -0.39 is 41.8 Å². The molecule has 2 N–H and O–H groups in total. The van der Waals surface area contributed by atoms with Gasteiger partial charge in [-0.3, -0.25) is 9.59 Å². The lowest BCUT2D eigenvalue weighted by atomic mass is 10.1. The number of alkyl halides is 3. The lowest BCUT2D eigenvalue weighted by Crippen LogP contribution is -2.23. The van der Waals surface area contributed by atoms with Gasteiger partial charge in [0.25, 0.3) is 5.56 Å². The van der Waals surface area contributed by atoms with E-state index in [1.165, 1.54) is 0 Å². The zero-order valence-corrected chi connectivity index (χ0v) is 7.84. The molecule has 0 aliphatic carbocycles. The lowest BCUT2D eigenvalue weighted by molar-refractivity contribution is -0.143. The molecule has 0 aromatic carbocycles. The van der Waals surface area contributed by atoms with Gasteiger partial charge in [0.1, 0.15) is 0 Å². The van der Waals surface area contributed by atoms with Crippen LogP contribution in [-0.4, -0.2) is 21.0 Å². The molecular weight excluding hydrogens is 229 g/mol. The number of nitrogens with zero attached hydrogens (tertiary/aromatic N) is 1. The SMILES string of the molecule is O=C(O)CCc1c(C(F)(F)F)nc[nH]c1=O. The van der Waals surface area contributed by atoms with Crippen molar-refractivity contribution < 1.29 is 23.1 Å². The van der Waals surface area contributed by atoms with Gasteiger partial charge in [-0.2, -0.15) is 13.2 Å². The Balaban J connectivity index is 3.14. The Bertz CT molecular complexity index is 453. The smallest absolute Gasteiger partial charge is 0.433 e. The van der Waals surface area contributed by atoms with Crippen LogP contribution in [0.15, 0.2) is 11.1 Å². The molecule has 5 nitrogen and oxygen atoms in total. The van der Waals surface area contributed by atoms with Crippen molar-refractivity contribution in [3.05, 3.63) is 27.9 Å². The first kappa shape index (κ1) is 12.2. The number of H-pyrrole nitrogens is 1. The molecule has 0 aliphatic rings. The van der Waals surface area contributed by atoms with Crippen molar-refractivity contribution in [2.24, 2.45) is 0 Å². The minimum Gasteiger partial charge on any atom is -0.481 e. The van der Waals surface area contributed by atoms with E-state index in [1.54, 1.807) is 0 Å². The number of aromatic amines is 1. The van der Waals surface area contributed by atoms with Crippen molar-refractivity contribution in [3.8, 4) is 0 Å². The number of halogens is 3. The molecule has 0 fully saturated rings. The summed E-state index contributed by atoms with van der Waals surface area (Å²) in [7, 11) is 0. The van der Waals surface area contributed by atoms with E-state index in [4.69, 9.17) is 5.11 Å². The molecule has 1 rings (SSSR count). The Morgan fingerprint density at radius 2 is 2.12 bits per heavy atom. The average molecular weight is 236 g/mol. The second-order valence-corrected chi connectivity index (χ2v) is 2.95. The quantitative estimate of drug-likeness (QED) is 0.813. The van der Waals surface area contributed by atoms with Crippen LogP contribution < -0.4 is 5.56 Å². The van der Waals surface area contributed by atoms with Crippen LogP contribution in [0.25, 0.3) is 0 Å². The third-order valence-electron chi connectivity index (χ3n) is 1.81. The number of rotatable bonds is 3. The van der Waals surface area contributed by atoms with Crippen LogP contribution in [-0.2, 0) is 17.4 Å². The highest BCUT2D eigenvalue weighted by molar-refractivity contribution is 5.67. The first-order valence-corrected chi connectivity index (χ1v) is 4.18. The fourth-order valence-corrected chi connectivity index (χ4v) is 1.14. The van der Waals surface area contributed by atoms with E-state index >= 15 is 0 Å². The Morgan fingerprint density at radius 1 is 1.50 bits per heavy atom. The summed E-state index contributed by atoms with van der Waals surface area (Å²) in [5.74, 6) is -1.28. The predicted molar refractivity (Wildman–Crippen MR) is 45.8 cm³/mol. The van der Waals surface area contributed by atoms with Crippen LogP contribution >= 0.6 is 0 Å². The van der Waals surface area contributed by atoms with Crippen molar-refractivity contribution in [1.29, 1.82) is 0 Å². The molecule has 0 atom stereocenters. The second kappa shape index (κ2) is 4.33. The first-order chi connectivity index (χ1) is 7.32.